The number of nitrogens with zero attached hydrogens (tertiary/aromatic N) is 4. The molecule has 3 aliphatic heterocycles. The molecule has 0 bridgehead atoms. The summed E-state index contributed by atoms with van der Waals surface area (Å²) in [6.07, 6.45) is 1.44. The van der Waals surface area contributed by atoms with Gasteiger partial charge in [0, 0.05) is 52.5 Å². The molecule has 0 spiro atoms. The Kier molecular flexibility index (Phi) is 13.0. The summed E-state index contributed by atoms with van der Waals surface area (Å²) in [6.45, 7) is 14.1. The van der Waals surface area contributed by atoms with Crippen LogP contribution in [0.25, 0.3) is 0 Å². The van der Waals surface area contributed by atoms with E-state index in [4.69, 9.17) is 9.47 Å². The second-order valence-electron chi connectivity index (χ2n) is 14.3. The average molecular weight is 716 g/mol. The Labute approximate surface area is 307 Å². The lowest BCUT2D eigenvalue weighted by molar-refractivity contribution is 0.0569. The lowest BCUT2D eigenvalue weighted by Crippen LogP contribution is -2.50. The van der Waals surface area contributed by atoms with Crippen LogP contribution in [0.2, 0.25) is 0 Å². The van der Waals surface area contributed by atoms with Crippen molar-refractivity contribution < 1.29 is 28.7 Å². The molecular weight excluding hydrogens is 662 g/mol. The maximum absolute atomic E-state index is 12.3. The number of amides is 6. The van der Waals surface area contributed by atoms with Crippen LogP contribution >= 0.6 is 0 Å². The van der Waals surface area contributed by atoms with Gasteiger partial charge in [-0.05, 0) is 90.3 Å². The van der Waals surface area contributed by atoms with Gasteiger partial charge in [0.2, 0.25) is 0 Å². The van der Waals surface area contributed by atoms with Crippen molar-refractivity contribution in [1.29, 1.82) is 0 Å². The third kappa shape index (κ3) is 10.3. The SMILES string of the molecule is CC(C)(C)OC(=O)N1CCNc2ccccc21.CNC(=O)N1CCCc2ccccc21.CNC(=O)N1CCN(C(=O)OC(C)(C)C)c2ccccc21. The number of nitrogens with one attached hydrogen (secondary N) is 3. The first-order valence-electron chi connectivity index (χ1n) is 17.6. The van der Waals surface area contributed by atoms with Gasteiger partial charge in [0.05, 0.1) is 22.7 Å². The zero-order valence-corrected chi connectivity index (χ0v) is 31.6. The van der Waals surface area contributed by atoms with E-state index >= 15 is 0 Å². The van der Waals surface area contributed by atoms with E-state index in [2.05, 4.69) is 22.0 Å². The van der Waals surface area contributed by atoms with Gasteiger partial charge < -0.3 is 25.4 Å². The molecule has 0 aromatic heterocycles. The number of hydrogen-bond donors (Lipinski definition) is 3. The second-order valence-corrected chi connectivity index (χ2v) is 14.3. The smallest absolute Gasteiger partial charge is 0.414 e. The predicted molar refractivity (Wildman–Crippen MR) is 207 cm³/mol. The summed E-state index contributed by atoms with van der Waals surface area (Å²) in [6, 6.07) is 22.9. The monoisotopic (exact) mass is 715 g/mol. The first kappa shape index (κ1) is 39.3. The highest BCUT2D eigenvalue weighted by Crippen LogP contribution is 2.34. The summed E-state index contributed by atoms with van der Waals surface area (Å²) in [7, 11) is 3.25. The van der Waals surface area contributed by atoms with E-state index in [1.54, 1.807) is 33.7 Å². The van der Waals surface area contributed by atoms with Crippen LogP contribution in [0.4, 0.5) is 47.6 Å². The number of carbonyl (C=O) groups excluding carboxylic acids is 4. The number of urea groups is 2. The van der Waals surface area contributed by atoms with Crippen LogP contribution in [-0.4, -0.2) is 82.3 Å². The number of para-hydroxylation sites is 5. The van der Waals surface area contributed by atoms with Crippen LogP contribution in [0.1, 0.15) is 53.5 Å². The van der Waals surface area contributed by atoms with Gasteiger partial charge in [-0.15, -0.1) is 0 Å². The van der Waals surface area contributed by atoms with Crippen LogP contribution in [0.3, 0.4) is 0 Å². The van der Waals surface area contributed by atoms with E-state index in [1.807, 2.05) is 108 Å². The maximum atomic E-state index is 12.3. The van der Waals surface area contributed by atoms with E-state index in [1.165, 1.54) is 5.56 Å². The second kappa shape index (κ2) is 17.2. The molecule has 6 amide bonds. The molecule has 6 rings (SSSR count). The molecule has 0 saturated carbocycles. The van der Waals surface area contributed by atoms with Crippen molar-refractivity contribution in [2.75, 3.05) is 71.7 Å². The summed E-state index contributed by atoms with van der Waals surface area (Å²) < 4.78 is 10.8. The molecule has 0 radical (unpaired) electrons. The minimum absolute atomic E-state index is 0.0165. The Balaban J connectivity index is 0.000000178. The van der Waals surface area contributed by atoms with Crippen molar-refractivity contribution in [1.82, 2.24) is 10.6 Å². The molecule has 3 aromatic carbocycles. The quantitative estimate of drug-likeness (QED) is 0.224. The zero-order valence-electron chi connectivity index (χ0n) is 31.6. The topological polar surface area (TPSA) is 136 Å². The van der Waals surface area contributed by atoms with E-state index in [0.29, 0.717) is 31.0 Å². The highest BCUT2D eigenvalue weighted by atomic mass is 16.6. The van der Waals surface area contributed by atoms with Gasteiger partial charge in [0.1, 0.15) is 11.2 Å². The molecule has 3 heterocycles. The number of carbonyl (C=O) groups is 4. The van der Waals surface area contributed by atoms with Crippen LogP contribution in [-0.2, 0) is 15.9 Å². The van der Waals surface area contributed by atoms with E-state index in [9.17, 15) is 19.2 Å². The van der Waals surface area contributed by atoms with Crippen molar-refractivity contribution in [2.24, 2.45) is 0 Å². The number of benzene rings is 3. The molecule has 3 aliphatic rings. The standard InChI is InChI=1S/C15H21N3O3.C13H18N2O2.C11H14N2O/c1-15(2,3)21-14(20)18-10-9-17(13(19)16-4)11-7-5-6-8-12(11)18;1-13(2,3)17-12(16)15-9-8-14-10-6-4-5-7-11(10)15;1-12-11(14)13-8-4-6-9-5-2-3-7-10(9)13/h5-8H,9-10H2,1-4H3,(H,16,19);4-7,14H,8-9H2,1-3H3;2-3,5,7H,4,6,8H2,1H3,(H,12,14). The molecule has 3 N–H and O–H groups in total. The van der Waals surface area contributed by atoms with Crippen LogP contribution < -0.4 is 35.6 Å². The highest BCUT2D eigenvalue weighted by molar-refractivity contribution is 6.01. The van der Waals surface area contributed by atoms with Crippen LogP contribution in [0, 0.1) is 0 Å². The van der Waals surface area contributed by atoms with Gasteiger partial charge in [-0.3, -0.25) is 19.6 Å². The molecule has 13 heteroatoms. The molecule has 52 heavy (non-hydrogen) atoms. The van der Waals surface area contributed by atoms with E-state index in [0.717, 1.165) is 43.0 Å². The van der Waals surface area contributed by atoms with Gasteiger partial charge in [0.25, 0.3) is 0 Å². The lowest BCUT2D eigenvalue weighted by atomic mass is 10.0. The summed E-state index contributed by atoms with van der Waals surface area (Å²) >= 11 is 0. The fourth-order valence-corrected chi connectivity index (χ4v) is 5.88. The van der Waals surface area contributed by atoms with Crippen molar-refractivity contribution in [3.8, 4) is 0 Å². The minimum Gasteiger partial charge on any atom is -0.443 e. The fourth-order valence-electron chi connectivity index (χ4n) is 5.88. The number of rotatable bonds is 0. The third-order valence-electron chi connectivity index (χ3n) is 8.11. The van der Waals surface area contributed by atoms with Crippen LogP contribution in [0.5, 0.6) is 0 Å². The Hall–Kier alpha value is -5.46. The molecule has 0 fully saturated rings. The largest absolute Gasteiger partial charge is 0.443 e. The van der Waals surface area contributed by atoms with Crippen molar-refractivity contribution in [3.05, 3.63) is 78.4 Å². The van der Waals surface area contributed by atoms with Crippen molar-refractivity contribution >= 4 is 52.7 Å². The third-order valence-corrected chi connectivity index (χ3v) is 8.11. The Morgan fingerprint density at radius 2 is 1.02 bits per heavy atom. The van der Waals surface area contributed by atoms with Crippen LogP contribution in [0.15, 0.2) is 72.8 Å². The normalized spacial score (nSPS) is 14.7. The van der Waals surface area contributed by atoms with Gasteiger partial charge in [-0.1, -0.05) is 42.5 Å². The van der Waals surface area contributed by atoms with Crippen molar-refractivity contribution in [2.45, 2.75) is 65.6 Å². The molecule has 13 nitrogen and oxygen atoms in total. The summed E-state index contributed by atoms with van der Waals surface area (Å²) in [5, 5.41) is 8.53. The van der Waals surface area contributed by atoms with E-state index < -0.39 is 17.3 Å². The fraction of sp³-hybridized carbons (Fsp3) is 0.436. The van der Waals surface area contributed by atoms with Crippen molar-refractivity contribution in [3.63, 3.8) is 0 Å². The maximum Gasteiger partial charge on any atom is 0.414 e. The molecule has 280 valence electrons. The van der Waals surface area contributed by atoms with Gasteiger partial charge in [0.15, 0.2) is 0 Å². The summed E-state index contributed by atoms with van der Waals surface area (Å²) in [5.74, 6) is 0. The molecule has 3 aromatic rings. The Bertz CT molecular complexity index is 1720. The number of ether oxygens (including phenoxy) is 2. The first-order valence-corrected chi connectivity index (χ1v) is 17.6. The Morgan fingerprint density at radius 1 is 0.577 bits per heavy atom. The number of hydrogen-bond acceptors (Lipinski definition) is 7. The first-order chi connectivity index (χ1) is 24.6. The molecule has 0 atom stereocenters. The molecule has 0 unspecified atom stereocenters. The average Bonchev–Trinajstić information content (AvgIpc) is 3.12. The number of fused-ring (bicyclic) bond motifs is 3. The molecule has 0 saturated heterocycles. The number of anilines is 5. The highest BCUT2D eigenvalue weighted by Gasteiger charge is 2.32. The lowest BCUT2D eigenvalue weighted by Gasteiger charge is -2.36. The predicted octanol–water partition coefficient (Wildman–Crippen LogP) is 7.22. The van der Waals surface area contributed by atoms with E-state index in [-0.39, 0.29) is 18.2 Å². The molecular formula is C39H53N7O6. The summed E-state index contributed by atoms with van der Waals surface area (Å²) in [5.41, 5.74) is 4.55. The number of aryl methyl sites for hydroxylation is 1. The molecule has 0 aliphatic carbocycles. The zero-order chi connectivity index (χ0) is 38.1. The van der Waals surface area contributed by atoms with Gasteiger partial charge >= 0.3 is 24.2 Å². The Morgan fingerprint density at radius 3 is 1.58 bits per heavy atom. The van der Waals surface area contributed by atoms with Gasteiger partial charge in [-0.2, -0.15) is 0 Å². The minimum atomic E-state index is -0.552. The van der Waals surface area contributed by atoms with Gasteiger partial charge in [-0.25, -0.2) is 19.2 Å². The summed E-state index contributed by atoms with van der Waals surface area (Å²) in [4.78, 5) is 54.5.